The maximum atomic E-state index is 5.87. The molecule has 4 nitrogen and oxygen atoms in total. The van der Waals surface area contributed by atoms with Crippen LogP contribution in [0.4, 0.5) is 0 Å². The van der Waals surface area contributed by atoms with Gasteiger partial charge < -0.3 is 10.6 Å². The zero-order valence-corrected chi connectivity index (χ0v) is 10.1. The van der Waals surface area contributed by atoms with Gasteiger partial charge in [0.25, 0.3) is 0 Å². The van der Waals surface area contributed by atoms with Crippen molar-refractivity contribution >= 4 is 17.3 Å². The Kier molecular flexibility index (Phi) is 2.65. The number of aryl methyl sites for hydroxylation is 1. The summed E-state index contributed by atoms with van der Waals surface area (Å²) in [5.74, 6) is 0.639. The number of thiazole rings is 1. The molecule has 1 unspecified atom stereocenters. The van der Waals surface area contributed by atoms with Crippen LogP contribution < -0.4 is 5.73 Å². The van der Waals surface area contributed by atoms with E-state index in [2.05, 4.69) is 34.1 Å². The fraction of sp³-hybridized carbons (Fsp3) is 0.600. The Hall–Kier alpha value is -1.10. The maximum Gasteiger partial charge on any atom is 0.192 e. The van der Waals surface area contributed by atoms with Gasteiger partial charge in [0.15, 0.2) is 5.96 Å². The molecule has 0 aromatic carbocycles. The third kappa shape index (κ3) is 1.84. The van der Waals surface area contributed by atoms with Gasteiger partial charge in [0, 0.05) is 11.4 Å². The van der Waals surface area contributed by atoms with Crippen LogP contribution in [-0.2, 0) is 0 Å². The molecule has 0 amide bonds. The average molecular weight is 224 g/mol. The van der Waals surface area contributed by atoms with E-state index in [1.165, 1.54) is 0 Å². The first-order chi connectivity index (χ1) is 7.09. The molecule has 2 rings (SSSR count). The summed E-state index contributed by atoms with van der Waals surface area (Å²) in [5.41, 5.74) is 6.96. The highest BCUT2D eigenvalue weighted by Crippen LogP contribution is 2.28. The van der Waals surface area contributed by atoms with E-state index in [1.54, 1.807) is 11.3 Å². The van der Waals surface area contributed by atoms with Crippen LogP contribution in [-0.4, -0.2) is 28.4 Å². The van der Waals surface area contributed by atoms with Crippen LogP contribution in [0, 0.1) is 6.92 Å². The van der Waals surface area contributed by atoms with Gasteiger partial charge in [-0.25, -0.2) is 4.98 Å². The number of guanidine groups is 1. The Morgan fingerprint density at radius 2 is 2.33 bits per heavy atom. The van der Waals surface area contributed by atoms with Gasteiger partial charge >= 0.3 is 0 Å². The van der Waals surface area contributed by atoms with Crippen LogP contribution in [0.2, 0.25) is 0 Å². The van der Waals surface area contributed by atoms with Gasteiger partial charge in [-0.1, -0.05) is 0 Å². The standard InChI is InChI=1S/C10H16N4S/c1-6(2)14-9(4-12-10(14)11)8-5-15-7(3)13-8/h5-6,9H,4H2,1-3H3,(H2,11,12). The SMILES string of the molecule is Cc1nc(C2CN=C(N)N2C(C)C)cs1. The van der Waals surface area contributed by atoms with Crippen molar-refractivity contribution in [3.8, 4) is 0 Å². The highest BCUT2D eigenvalue weighted by Gasteiger charge is 2.30. The fourth-order valence-corrected chi connectivity index (χ4v) is 2.56. The summed E-state index contributed by atoms with van der Waals surface area (Å²) < 4.78 is 0. The van der Waals surface area contributed by atoms with Crippen molar-refractivity contribution in [2.75, 3.05) is 6.54 Å². The summed E-state index contributed by atoms with van der Waals surface area (Å²) >= 11 is 1.68. The normalized spacial score (nSPS) is 21.2. The second-order valence-electron chi connectivity index (χ2n) is 4.01. The molecule has 2 N–H and O–H groups in total. The number of hydrogen-bond donors (Lipinski definition) is 1. The van der Waals surface area contributed by atoms with Crippen LogP contribution in [0.1, 0.15) is 30.6 Å². The molecule has 0 aliphatic carbocycles. The lowest BCUT2D eigenvalue weighted by atomic mass is 10.2. The van der Waals surface area contributed by atoms with Crippen molar-refractivity contribution in [1.82, 2.24) is 9.88 Å². The number of nitrogens with zero attached hydrogens (tertiary/aromatic N) is 3. The van der Waals surface area contributed by atoms with Crippen LogP contribution in [0.25, 0.3) is 0 Å². The molecule has 82 valence electrons. The van der Waals surface area contributed by atoms with Gasteiger partial charge in [0.05, 0.1) is 23.3 Å². The first-order valence-corrected chi connectivity index (χ1v) is 5.98. The van der Waals surface area contributed by atoms with Crippen LogP contribution in [0.5, 0.6) is 0 Å². The van der Waals surface area contributed by atoms with Crippen molar-refractivity contribution in [3.05, 3.63) is 16.1 Å². The second-order valence-corrected chi connectivity index (χ2v) is 5.07. The lowest BCUT2D eigenvalue weighted by Crippen LogP contribution is -2.41. The van der Waals surface area contributed by atoms with Gasteiger partial charge in [-0.3, -0.25) is 4.99 Å². The van der Waals surface area contributed by atoms with E-state index in [4.69, 9.17) is 5.73 Å². The van der Waals surface area contributed by atoms with E-state index < -0.39 is 0 Å². The molecule has 0 radical (unpaired) electrons. The molecule has 5 heteroatoms. The molecule has 1 atom stereocenters. The summed E-state index contributed by atoms with van der Waals surface area (Å²) in [6, 6.07) is 0.596. The maximum absolute atomic E-state index is 5.87. The van der Waals surface area contributed by atoms with Gasteiger partial charge in [0.2, 0.25) is 0 Å². The summed E-state index contributed by atoms with van der Waals surface area (Å²) in [6.07, 6.45) is 0. The van der Waals surface area contributed by atoms with Crippen molar-refractivity contribution in [3.63, 3.8) is 0 Å². The fourth-order valence-electron chi connectivity index (χ4n) is 1.90. The van der Waals surface area contributed by atoms with E-state index in [9.17, 15) is 0 Å². The first kappa shape index (κ1) is 10.4. The molecule has 1 aromatic rings. The van der Waals surface area contributed by atoms with Gasteiger partial charge in [0.1, 0.15) is 0 Å². The third-order valence-corrected chi connectivity index (χ3v) is 3.35. The number of nitrogens with two attached hydrogens (primary N) is 1. The monoisotopic (exact) mass is 224 g/mol. The third-order valence-electron chi connectivity index (χ3n) is 2.56. The second kappa shape index (κ2) is 3.81. The Morgan fingerprint density at radius 3 is 2.87 bits per heavy atom. The van der Waals surface area contributed by atoms with Gasteiger partial charge in [-0.2, -0.15) is 0 Å². The van der Waals surface area contributed by atoms with Crippen molar-refractivity contribution < 1.29 is 0 Å². The highest BCUT2D eigenvalue weighted by atomic mass is 32.1. The van der Waals surface area contributed by atoms with Crippen LogP contribution in [0.3, 0.4) is 0 Å². The molecule has 15 heavy (non-hydrogen) atoms. The van der Waals surface area contributed by atoms with Crippen molar-refractivity contribution in [2.45, 2.75) is 32.9 Å². The minimum atomic E-state index is 0.231. The topological polar surface area (TPSA) is 54.5 Å². The largest absolute Gasteiger partial charge is 0.370 e. The minimum Gasteiger partial charge on any atom is -0.370 e. The molecule has 0 fully saturated rings. The van der Waals surface area contributed by atoms with E-state index in [-0.39, 0.29) is 6.04 Å². The molecule has 1 aromatic heterocycles. The van der Waals surface area contributed by atoms with E-state index in [0.717, 1.165) is 17.2 Å². The molecule has 1 aliphatic rings. The number of aromatic nitrogens is 1. The lowest BCUT2D eigenvalue weighted by molar-refractivity contribution is 0.286. The Bertz CT molecular complexity index is 383. The summed E-state index contributed by atoms with van der Waals surface area (Å²) in [4.78, 5) is 10.9. The van der Waals surface area contributed by atoms with Crippen molar-refractivity contribution in [1.29, 1.82) is 0 Å². The number of hydrogen-bond acceptors (Lipinski definition) is 5. The van der Waals surface area contributed by atoms with Crippen LogP contribution >= 0.6 is 11.3 Å². The number of aliphatic imine (C=N–C) groups is 1. The number of rotatable bonds is 2. The van der Waals surface area contributed by atoms with Crippen molar-refractivity contribution in [2.24, 2.45) is 10.7 Å². The average Bonchev–Trinajstić information content (AvgIpc) is 2.71. The minimum absolute atomic E-state index is 0.231. The smallest absolute Gasteiger partial charge is 0.192 e. The lowest BCUT2D eigenvalue weighted by Gasteiger charge is -2.28. The Morgan fingerprint density at radius 1 is 1.60 bits per heavy atom. The molecule has 1 aliphatic heterocycles. The van der Waals surface area contributed by atoms with E-state index >= 15 is 0 Å². The Labute approximate surface area is 93.8 Å². The van der Waals surface area contributed by atoms with E-state index in [0.29, 0.717) is 12.0 Å². The van der Waals surface area contributed by atoms with E-state index in [1.807, 2.05) is 6.92 Å². The summed E-state index contributed by atoms with van der Waals surface area (Å²) in [6.45, 7) is 7.00. The zero-order chi connectivity index (χ0) is 11.0. The molecule has 2 heterocycles. The zero-order valence-electron chi connectivity index (χ0n) is 9.27. The molecule has 0 saturated heterocycles. The van der Waals surface area contributed by atoms with Gasteiger partial charge in [-0.05, 0) is 20.8 Å². The van der Waals surface area contributed by atoms with Gasteiger partial charge in [-0.15, -0.1) is 11.3 Å². The Balaban J connectivity index is 2.24. The summed E-state index contributed by atoms with van der Waals surface area (Å²) in [5, 5.41) is 3.20. The predicted molar refractivity (Wildman–Crippen MR) is 63.1 cm³/mol. The molecule has 0 bridgehead atoms. The summed E-state index contributed by atoms with van der Waals surface area (Å²) in [7, 11) is 0. The molecule has 0 spiro atoms. The predicted octanol–water partition coefficient (Wildman–Crippen LogP) is 1.53. The molecular weight excluding hydrogens is 208 g/mol. The van der Waals surface area contributed by atoms with Crippen LogP contribution in [0.15, 0.2) is 10.4 Å². The quantitative estimate of drug-likeness (QED) is 0.829. The molecular formula is C10H16N4S. The molecule has 0 saturated carbocycles. The first-order valence-electron chi connectivity index (χ1n) is 5.10. The highest BCUT2D eigenvalue weighted by molar-refractivity contribution is 7.09.